The average molecular weight is 1160 g/mol. The molecular formula is C71H101NO12. The first kappa shape index (κ1) is 62.1. The highest BCUT2D eigenvalue weighted by molar-refractivity contribution is 5.79. The van der Waals surface area contributed by atoms with Gasteiger partial charge in [-0.3, -0.25) is 4.79 Å². The van der Waals surface area contributed by atoms with Crippen molar-refractivity contribution in [3.8, 4) is 0 Å². The number of hydrogen-bond acceptors (Lipinski definition) is 13. The zero-order chi connectivity index (χ0) is 59.0. The molecule has 0 aromatic heterocycles. The molecule has 11 rings (SSSR count). The van der Waals surface area contributed by atoms with Crippen LogP contribution in [0.2, 0.25) is 0 Å². The summed E-state index contributed by atoms with van der Waals surface area (Å²) in [6, 6.07) is 29.9. The van der Waals surface area contributed by atoms with Gasteiger partial charge in [0.1, 0.15) is 36.6 Å². The molecule has 0 spiro atoms. The van der Waals surface area contributed by atoms with Gasteiger partial charge in [-0.05, 0) is 141 Å². The van der Waals surface area contributed by atoms with E-state index >= 15 is 4.79 Å². The molecule has 2 N–H and O–H groups in total. The molecule has 3 aromatic rings. The fraction of sp³-hybridized carbons (Fsp3) is 0.704. The Hall–Kier alpha value is -3.57. The first-order valence-corrected chi connectivity index (χ1v) is 32.4. The Morgan fingerprint density at radius 2 is 1.31 bits per heavy atom. The number of allylic oxidation sites excluding steroid dienone is 2. The van der Waals surface area contributed by atoms with Gasteiger partial charge in [-0.15, -0.1) is 0 Å². The minimum Gasteiger partial charge on any atom is -0.432 e. The van der Waals surface area contributed by atoms with Crippen molar-refractivity contribution in [1.82, 2.24) is 0 Å². The molecule has 22 atom stereocenters. The largest absolute Gasteiger partial charge is 0.432 e. The summed E-state index contributed by atoms with van der Waals surface area (Å²) in [6.45, 7) is 22.6. The monoisotopic (exact) mass is 1160 g/mol. The Labute approximate surface area is 502 Å². The van der Waals surface area contributed by atoms with Crippen molar-refractivity contribution >= 4 is 5.97 Å². The quantitative estimate of drug-likeness (QED) is 0.0899. The lowest BCUT2D eigenvalue weighted by atomic mass is 9.39. The lowest BCUT2D eigenvalue weighted by Crippen LogP contribution is -2.65. The standard InChI is InChI=1S/C71H101NO12/c1-11-76-62-61(83-64-46(4)59(78-41-50-25-19-14-20-26-50)57(43-79-64)77-40-49-23-17-13-18-24-49)47(5)80-66(63(62)74-10)82-60-45(3)58(72)56(42-75-39-48-21-15-12-16-22-48)81-65(60)84-67(73)71-35-33-68(6,7)38-55(71)54-30-29-52-53(70(54,9)34-36-71)28-27-51-37-44(2)31-32-69(51,52)8/h12-26,30,44-47,51-53,55-66H,11,27-29,31-43,72H2,1-10H3/t44-,45?,46?,47+,51-,52?,53+,55?,56-,57?,58?,59?,60?,61?,62?,63?,64-,65-,66-,69?,70-,71?/m0/s1. The summed E-state index contributed by atoms with van der Waals surface area (Å²) in [5.74, 6) is 2.17. The second kappa shape index (κ2) is 26.2. The third-order valence-electron chi connectivity index (χ3n) is 22.6. The van der Waals surface area contributed by atoms with E-state index in [2.05, 4.69) is 78.8 Å². The van der Waals surface area contributed by atoms with Gasteiger partial charge >= 0.3 is 5.97 Å². The van der Waals surface area contributed by atoms with Crippen molar-refractivity contribution in [2.75, 3.05) is 26.9 Å². The van der Waals surface area contributed by atoms with Crippen LogP contribution in [0.3, 0.4) is 0 Å². The summed E-state index contributed by atoms with van der Waals surface area (Å²) in [5, 5.41) is 0. The fourth-order valence-electron chi connectivity index (χ4n) is 17.4. The van der Waals surface area contributed by atoms with E-state index in [1.54, 1.807) is 7.11 Å². The van der Waals surface area contributed by atoms with Crippen LogP contribution in [0.5, 0.6) is 0 Å². The van der Waals surface area contributed by atoms with Gasteiger partial charge in [0, 0.05) is 31.6 Å². The Morgan fingerprint density at radius 1 is 0.655 bits per heavy atom. The number of hydrogen-bond donors (Lipinski definition) is 1. The first-order chi connectivity index (χ1) is 40.4. The summed E-state index contributed by atoms with van der Waals surface area (Å²) < 4.78 is 74.5. The highest BCUT2D eigenvalue weighted by Gasteiger charge is 2.65. The van der Waals surface area contributed by atoms with Crippen molar-refractivity contribution in [3.05, 3.63) is 119 Å². The molecule has 3 saturated heterocycles. The smallest absolute Gasteiger partial charge is 0.315 e. The van der Waals surface area contributed by atoms with E-state index in [9.17, 15) is 0 Å². The van der Waals surface area contributed by atoms with Crippen LogP contribution >= 0.6 is 0 Å². The van der Waals surface area contributed by atoms with Gasteiger partial charge < -0.3 is 57.8 Å². The van der Waals surface area contributed by atoms with Gasteiger partial charge in [0.05, 0.1) is 50.7 Å². The molecule has 0 radical (unpaired) electrons. The Kier molecular flexibility index (Phi) is 19.4. The van der Waals surface area contributed by atoms with E-state index in [4.69, 9.17) is 57.8 Å². The number of carbonyl (C=O) groups excluding carboxylic acids is 1. The lowest BCUT2D eigenvalue weighted by Gasteiger charge is -2.65. The maximum atomic E-state index is 16.0. The number of carbonyl (C=O) groups is 1. The number of benzene rings is 3. The maximum Gasteiger partial charge on any atom is 0.315 e. The van der Waals surface area contributed by atoms with Crippen molar-refractivity contribution in [2.45, 2.75) is 227 Å². The summed E-state index contributed by atoms with van der Waals surface area (Å²) >= 11 is 0. The molecule has 0 amide bonds. The average Bonchev–Trinajstić information content (AvgIpc) is 0.971. The van der Waals surface area contributed by atoms with Gasteiger partial charge in [0.15, 0.2) is 12.6 Å². The van der Waals surface area contributed by atoms with Crippen LogP contribution in [0.15, 0.2) is 103 Å². The summed E-state index contributed by atoms with van der Waals surface area (Å²) in [7, 11) is 1.64. The number of ether oxygens (including phenoxy) is 11. The lowest BCUT2D eigenvalue weighted by molar-refractivity contribution is -0.370. The minimum absolute atomic E-state index is 0.0402. The molecule has 8 aliphatic rings. The number of methoxy groups -OCH3 is 1. The topological polar surface area (TPSA) is 145 Å². The van der Waals surface area contributed by atoms with Gasteiger partial charge in [-0.1, -0.05) is 158 Å². The summed E-state index contributed by atoms with van der Waals surface area (Å²) in [5.41, 5.74) is 11.7. The molecule has 3 aromatic carbocycles. The normalized spacial score (nSPS) is 41.8. The van der Waals surface area contributed by atoms with Gasteiger partial charge in [-0.2, -0.15) is 0 Å². The Balaban J connectivity index is 0.840. The molecule has 13 heteroatoms. The zero-order valence-corrected chi connectivity index (χ0v) is 52.2. The highest BCUT2D eigenvalue weighted by Crippen LogP contribution is 2.70. The van der Waals surface area contributed by atoms with E-state index in [0.29, 0.717) is 43.7 Å². The van der Waals surface area contributed by atoms with E-state index in [-0.39, 0.29) is 60.0 Å². The number of fused-ring (bicyclic) bond motifs is 7. The SMILES string of the molecule is CCOC1C(OC)[C@H](OC2C(C)C(N)[C@H](COCc3ccccc3)O[C@H]2OC(=O)C23CCC(C)(C)CC2C2=CCC4[C@@H](CC[C@H]5C[C@@H](C)CCC45C)[C@]2(C)CC3)O[C@H](C)C1O[C@@H]1OCC(OCc2ccccc2)C(OCc2ccccc2)C1C. The van der Waals surface area contributed by atoms with E-state index < -0.39 is 67.0 Å². The molecule has 84 heavy (non-hydrogen) atoms. The summed E-state index contributed by atoms with van der Waals surface area (Å²) in [4.78, 5) is 16.0. The molecule has 13 nitrogen and oxygen atoms in total. The third kappa shape index (κ3) is 12.6. The maximum absolute atomic E-state index is 16.0. The van der Waals surface area contributed by atoms with Gasteiger partial charge in [0.2, 0.25) is 6.29 Å². The third-order valence-corrected chi connectivity index (χ3v) is 22.6. The van der Waals surface area contributed by atoms with Crippen LogP contribution in [0.4, 0.5) is 0 Å². The molecule has 13 unspecified atom stereocenters. The predicted molar refractivity (Wildman–Crippen MR) is 322 cm³/mol. The minimum atomic E-state index is -1.12. The van der Waals surface area contributed by atoms with Crippen molar-refractivity contribution in [2.24, 2.45) is 68.8 Å². The molecule has 7 fully saturated rings. The van der Waals surface area contributed by atoms with Crippen molar-refractivity contribution < 1.29 is 56.9 Å². The number of esters is 1. The van der Waals surface area contributed by atoms with Gasteiger partial charge in [0.25, 0.3) is 0 Å². The molecular weight excluding hydrogens is 1060 g/mol. The fourth-order valence-corrected chi connectivity index (χ4v) is 17.4. The predicted octanol–water partition coefficient (Wildman–Crippen LogP) is 12.9. The highest BCUT2D eigenvalue weighted by atomic mass is 16.8. The second-order valence-electron chi connectivity index (χ2n) is 28.3. The Morgan fingerprint density at radius 3 is 1.99 bits per heavy atom. The Bertz CT molecular complexity index is 2640. The summed E-state index contributed by atoms with van der Waals surface area (Å²) in [6.07, 6.45) is 7.24. The molecule has 462 valence electrons. The van der Waals surface area contributed by atoms with Crippen LogP contribution in [0, 0.1) is 63.1 Å². The van der Waals surface area contributed by atoms with Gasteiger partial charge in [-0.25, -0.2) is 0 Å². The number of nitrogens with two attached hydrogens (primary N) is 1. The van der Waals surface area contributed by atoms with Crippen LogP contribution in [-0.2, 0) is 76.7 Å². The zero-order valence-electron chi connectivity index (χ0n) is 52.2. The molecule has 4 saturated carbocycles. The van der Waals surface area contributed by atoms with E-state index in [0.717, 1.165) is 67.1 Å². The van der Waals surface area contributed by atoms with E-state index in [1.807, 2.05) is 80.6 Å². The number of rotatable bonds is 19. The van der Waals surface area contributed by atoms with Crippen LogP contribution in [0.1, 0.15) is 150 Å². The molecule has 3 heterocycles. The molecule has 0 bridgehead atoms. The first-order valence-electron chi connectivity index (χ1n) is 32.4. The van der Waals surface area contributed by atoms with Crippen LogP contribution in [-0.4, -0.2) is 107 Å². The van der Waals surface area contributed by atoms with E-state index in [1.165, 1.54) is 37.7 Å². The molecule has 3 aliphatic heterocycles. The second-order valence-corrected chi connectivity index (χ2v) is 28.3. The van der Waals surface area contributed by atoms with Crippen molar-refractivity contribution in [1.29, 1.82) is 0 Å². The van der Waals surface area contributed by atoms with Crippen molar-refractivity contribution in [3.63, 3.8) is 0 Å². The van der Waals surface area contributed by atoms with Crippen LogP contribution in [0.25, 0.3) is 0 Å². The molecule has 5 aliphatic carbocycles. The van der Waals surface area contributed by atoms with Crippen LogP contribution < -0.4 is 5.73 Å².